The van der Waals surface area contributed by atoms with E-state index >= 15 is 0 Å². The minimum Gasteiger partial charge on any atom is -0.444 e. The van der Waals surface area contributed by atoms with Gasteiger partial charge in [0.25, 0.3) is 0 Å². The smallest absolute Gasteiger partial charge is 0.410 e. The molecule has 4 nitrogen and oxygen atoms in total. The third-order valence-electron chi connectivity index (χ3n) is 5.98. The number of carbonyl (C=O) groups is 2. The number of amides is 1. The first-order chi connectivity index (χ1) is 13.3. The molecule has 0 N–H and O–H groups in total. The molecule has 0 spiro atoms. The molecule has 2 aliphatic heterocycles. The number of rotatable bonds is 2. The Balaban J connectivity index is 1.53. The van der Waals surface area contributed by atoms with Gasteiger partial charge in [-0.1, -0.05) is 36.4 Å². The molecule has 4 rings (SSSR count). The predicted molar refractivity (Wildman–Crippen MR) is 111 cm³/mol. The maximum atomic E-state index is 13.2. The van der Waals surface area contributed by atoms with Crippen LogP contribution in [0.4, 0.5) is 4.79 Å². The van der Waals surface area contributed by atoms with Crippen molar-refractivity contribution >= 4 is 22.6 Å². The van der Waals surface area contributed by atoms with Crippen molar-refractivity contribution in [2.24, 2.45) is 5.92 Å². The lowest BCUT2D eigenvalue weighted by molar-refractivity contribution is -0.0260. The Morgan fingerprint density at radius 1 is 0.964 bits per heavy atom. The Hall–Kier alpha value is -2.36. The number of nitrogens with zero attached hydrogens (tertiary/aromatic N) is 1. The summed E-state index contributed by atoms with van der Waals surface area (Å²) in [5.74, 6) is 0.196. The topological polar surface area (TPSA) is 46.6 Å². The maximum Gasteiger partial charge on any atom is 0.410 e. The first-order valence-electron chi connectivity index (χ1n) is 10.4. The van der Waals surface area contributed by atoms with E-state index in [2.05, 4.69) is 6.07 Å². The molecule has 2 aliphatic rings. The predicted octanol–water partition coefficient (Wildman–Crippen LogP) is 5.59. The molecule has 2 aromatic rings. The van der Waals surface area contributed by atoms with Crippen molar-refractivity contribution in [2.75, 3.05) is 0 Å². The van der Waals surface area contributed by atoms with Crippen LogP contribution in [-0.2, 0) is 4.74 Å². The van der Waals surface area contributed by atoms with Crippen LogP contribution in [0.2, 0.25) is 0 Å². The monoisotopic (exact) mass is 379 g/mol. The molecule has 0 saturated carbocycles. The van der Waals surface area contributed by atoms with E-state index in [9.17, 15) is 9.59 Å². The zero-order valence-corrected chi connectivity index (χ0v) is 17.0. The van der Waals surface area contributed by atoms with Gasteiger partial charge in [0, 0.05) is 23.6 Å². The van der Waals surface area contributed by atoms with Gasteiger partial charge in [0.15, 0.2) is 5.78 Å². The third-order valence-corrected chi connectivity index (χ3v) is 5.98. The average molecular weight is 380 g/mol. The van der Waals surface area contributed by atoms with E-state index in [1.807, 2.05) is 62.1 Å². The van der Waals surface area contributed by atoms with Crippen LogP contribution in [0, 0.1) is 5.92 Å². The molecular weight excluding hydrogens is 350 g/mol. The average Bonchev–Trinajstić information content (AvgIpc) is 2.64. The molecule has 2 bridgehead atoms. The summed E-state index contributed by atoms with van der Waals surface area (Å²) in [5, 5.41) is 2.25. The zero-order chi connectivity index (χ0) is 19.9. The number of piperidine rings is 2. The fourth-order valence-electron chi connectivity index (χ4n) is 4.79. The summed E-state index contributed by atoms with van der Waals surface area (Å²) in [6.07, 6.45) is 4.28. The van der Waals surface area contributed by atoms with Crippen LogP contribution >= 0.6 is 0 Å². The second-order valence-corrected chi connectivity index (χ2v) is 9.22. The standard InChI is InChI=1S/C24H29NO3/c1-24(2,3)28-23(27)25-20-9-6-10-21(25)15-19(14-20)22(26)18-12-11-16-7-4-5-8-17(16)13-18/h4-5,7-8,11-13,19-21H,6,9-10,14-15H2,1-3H3. The molecule has 148 valence electrons. The number of fused-ring (bicyclic) bond motifs is 3. The molecule has 2 fully saturated rings. The van der Waals surface area contributed by atoms with Gasteiger partial charge in [-0.3, -0.25) is 4.79 Å². The van der Waals surface area contributed by atoms with Gasteiger partial charge in [-0.25, -0.2) is 4.79 Å². The number of benzene rings is 2. The summed E-state index contributed by atoms with van der Waals surface area (Å²) in [7, 11) is 0. The van der Waals surface area contributed by atoms with Gasteiger partial charge in [0.05, 0.1) is 0 Å². The van der Waals surface area contributed by atoms with Gasteiger partial charge >= 0.3 is 6.09 Å². The molecule has 0 aromatic heterocycles. The summed E-state index contributed by atoms with van der Waals surface area (Å²) in [4.78, 5) is 27.9. The van der Waals surface area contributed by atoms with E-state index in [1.165, 1.54) is 0 Å². The van der Waals surface area contributed by atoms with Crippen molar-refractivity contribution in [1.82, 2.24) is 4.90 Å². The van der Waals surface area contributed by atoms with E-state index in [0.29, 0.717) is 0 Å². The third kappa shape index (κ3) is 3.78. The molecule has 0 aliphatic carbocycles. The zero-order valence-electron chi connectivity index (χ0n) is 17.0. The molecule has 2 aromatic carbocycles. The largest absolute Gasteiger partial charge is 0.444 e. The van der Waals surface area contributed by atoms with Crippen LogP contribution in [0.15, 0.2) is 42.5 Å². The molecule has 2 unspecified atom stereocenters. The summed E-state index contributed by atoms with van der Waals surface area (Å²) in [5.41, 5.74) is 0.288. The van der Waals surface area contributed by atoms with Crippen molar-refractivity contribution in [1.29, 1.82) is 0 Å². The minimum atomic E-state index is -0.497. The van der Waals surface area contributed by atoms with Crippen LogP contribution in [0.1, 0.15) is 63.2 Å². The van der Waals surface area contributed by atoms with Crippen molar-refractivity contribution in [3.05, 3.63) is 48.0 Å². The number of ketones is 1. The van der Waals surface area contributed by atoms with Crippen LogP contribution in [0.5, 0.6) is 0 Å². The van der Waals surface area contributed by atoms with Crippen LogP contribution in [0.25, 0.3) is 10.8 Å². The molecule has 2 atom stereocenters. The van der Waals surface area contributed by atoms with Crippen molar-refractivity contribution < 1.29 is 14.3 Å². The molecule has 2 saturated heterocycles. The Kier molecular flexibility index (Phi) is 4.90. The van der Waals surface area contributed by atoms with E-state index in [0.717, 1.165) is 48.4 Å². The van der Waals surface area contributed by atoms with E-state index in [4.69, 9.17) is 4.74 Å². The quantitative estimate of drug-likeness (QED) is 0.639. The van der Waals surface area contributed by atoms with Crippen molar-refractivity contribution in [3.8, 4) is 0 Å². The molecule has 4 heteroatoms. The lowest BCUT2D eigenvalue weighted by atomic mass is 9.75. The van der Waals surface area contributed by atoms with Crippen molar-refractivity contribution in [2.45, 2.75) is 70.6 Å². The SMILES string of the molecule is CC(C)(C)OC(=O)N1C2CCCC1CC(C(=O)c1ccc3ccccc3c1)C2. The normalized spacial score (nSPS) is 24.8. The number of hydrogen-bond donors (Lipinski definition) is 0. The Morgan fingerprint density at radius 3 is 2.25 bits per heavy atom. The lowest BCUT2D eigenvalue weighted by Gasteiger charge is -2.48. The van der Waals surface area contributed by atoms with Crippen LogP contribution in [0.3, 0.4) is 0 Å². The second-order valence-electron chi connectivity index (χ2n) is 9.22. The van der Waals surface area contributed by atoms with E-state index in [-0.39, 0.29) is 29.9 Å². The molecular formula is C24H29NO3. The van der Waals surface area contributed by atoms with Crippen LogP contribution < -0.4 is 0 Å². The molecule has 2 heterocycles. The van der Waals surface area contributed by atoms with Gasteiger partial charge in [-0.2, -0.15) is 0 Å². The minimum absolute atomic E-state index is 0.0184. The summed E-state index contributed by atoms with van der Waals surface area (Å²) >= 11 is 0. The van der Waals surface area contributed by atoms with Crippen molar-refractivity contribution in [3.63, 3.8) is 0 Å². The number of ether oxygens (including phenoxy) is 1. The Labute approximate surface area is 166 Å². The van der Waals surface area contributed by atoms with Gasteiger partial charge in [0.1, 0.15) is 5.60 Å². The first-order valence-corrected chi connectivity index (χ1v) is 10.4. The second kappa shape index (κ2) is 7.23. The Bertz CT molecular complexity index is 884. The Morgan fingerprint density at radius 2 is 1.61 bits per heavy atom. The van der Waals surface area contributed by atoms with Gasteiger partial charge in [0.2, 0.25) is 0 Å². The van der Waals surface area contributed by atoms with E-state index in [1.54, 1.807) is 0 Å². The highest BCUT2D eigenvalue weighted by atomic mass is 16.6. The van der Waals surface area contributed by atoms with Crippen LogP contribution in [-0.4, -0.2) is 34.5 Å². The maximum absolute atomic E-state index is 13.2. The summed E-state index contributed by atoms with van der Waals surface area (Å²) in [6, 6.07) is 14.3. The van der Waals surface area contributed by atoms with Gasteiger partial charge < -0.3 is 9.64 Å². The highest BCUT2D eigenvalue weighted by Gasteiger charge is 2.44. The molecule has 1 amide bonds. The highest BCUT2D eigenvalue weighted by Crippen LogP contribution is 2.39. The van der Waals surface area contributed by atoms with Gasteiger partial charge in [-0.15, -0.1) is 0 Å². The highest BCUT2D eigenvalue weighted by molar-refractivity contribution is 6.01. The number of hydrogen-bond acceptors (Lipinski definition) is 3. The first kappa shape index (κ1) is 19.0. The summed E-state index contributed by atoms with van der Waals surface area (Å²) in [6.45, 7) is 5.70. The van der Waals surface area contributed by atoms with E-state index < -0.39 is 5.60 Å². The number of Topliss-reactive ketones (excluding diaryl/α,β-unsaturated/α-hetero) is 1. The number of carbonyl (C=O) groups excluding carboxylic acids is 2. The fraction of sp³-hybridized carbons (Fsp3) is 0.500. The summed E-state index contributed by atoms with van der Waals surface area (Å²) < 4.78 is 5.64. The molecule has 0 radical (unpaired) electrons. The van der Waals surface area contributed by atoms with Gasteiger partial charge in [-0.05, 0) is 69.7 Å². The fourth-order valence-corrected chi connectivity index (χ4v) is 4.79. The molecule has 28 heavy (non-hydrogen) atoms. The lowest BCUT2D eigenvalue weighted by Crippen LogP contribution is -2.56.